The quantitative estimate of drug-likeness (QED) is 0.568. The van der Waals surface area contributed by atoms with E-state index in [4.69, 9.17) is 0 Å². The van der Waals surface area contributed by atoms with Gasteiger partial charge in [-0.25, -0.2) is 4.57 Å². The van der Waals surface area contributed by atoms with E-state index >= 15 is 0 Å². The molecule has 0 N–H and O–H groups in total. The molecule has 0 unspecified atom stereocenters. The minimum atomic E-state index is 0.621. The van der Waals surface area contributed by atoms with Crippen molar-refractivity contribution in [3.05, 3.63) is 30.1 Å². The van der Waals surface area contributed by atoms with Crippen molar-refractivity contribution < 1.29 is 4.57 Å². The Kier molecular flexibility index (Phi) is 2.64. The zero-order chi connectivity index (χ0) is 8.27. The van der Waals surface area contributed by atoms with E-state index in [-0.39, 0.29) is 0 Å². The predicted molar refractivity (Wildman–Crippen MR) is 46.4 cm³/mol. The fourth-order valence-corrected chi connectivity index (χ4v) is 1.30. The lowest BCUT2D eigenvalue weighted by atomic mass is 10.1. The number of nitrogens with zero attached hydrogens (tertiary/aromatic N) is 1. The highest BCUT2D eigenvalue weighted by Gasteiger charge is 2.09. The van der Waals surface area contributed by atoms with Crippen LogP contribution in [-0.4, -0.2) is 0 Å². The summed E-state index contributed by atoms with van der Waals surface area (Å²) < 4.78 is 2.28. The molecular weight excluding hydrogens is 134 g/mol. The van der Waals surface area contributed by atoms with Gasteiger partial charge in [0.1, 0.15) is 6.54 Å². The molecule has 1 heteroatoms. The summed E-state index contributed by atoms with van der Waals surface area (Å²) in [5.41, 5.74) is 1.41. The molecule has 11 heavy (non-hydrogen) atoms. The van der Waals surface area contributed by atoms with Crippen LogP contribution in [0.1, 0.15) is 32.4 Å². The minimum Gasteiger partial charge on any atom is -0.203 e. The molecule has 0 radical (unpaired) electrons. The van der Waals surface area contributed by atoms with Gasteiger partial charge in [0.05, 0.1) is 0 Å². The highest BCUT2D eigenvalue weighted by atomic mass is 14.9. The Labute approximate surface area is 68.7 Å². The molecule has 0 aliphatic heterocycles. The summed E-state index contributed by atoms with van der Waals surface area (Å²) in [5, 5.41) is 0. The summed E-state index contributed by atoms with van der Waals surface area (Å²) in [6.07, 6.45) is 2.13. The van der Waals surface area contributed by atoms with Gasteiger partial charge in [0, 0.05) is 18.1 Å². The Hall–Kier alpha value is -0.850. The fourth-order valence-electron chi connectivity index (χ4n) is 1.30. The standard InChI is InChI=1S/C10H16N/c1-4-11-8-6-5-7-10(11)9(2)3/h5-9H,4H2,1-3H3/q+1. The average Bonchev–Trinajstić information content (AvgIpc) is 2.04. The van der Waals surface area contributed by atoms with Crippen molar-refractivity contribution in [3.63, 3.8) is 0 Å². The maximum absolute atomic E-state index is 2.28. The van der Waals surface area contributed by atoms with E-state index in [0.29, 0.717) is 5.92 Å². The molecule has 60 valence electrons. The second-order valence-corrected chi connectivity index (χ2v) is 3.07. The molecule has 0 bridgehead atoms. The topological polar surface area (TPSA) is 3.88 Å². The van der Waals surface area contributed by atoms with E-state index in [1.165, 1.54) is 5.69 Å². The van der Waals surface area contributed by atoms with Gasteiger partial charge in [-0.1, -0.05) is 19.9 Å². The SMILES string of the molecule is CC[n+]1ccccc1C(C)C. The van der Waals surface area contributed by atoms with Crippen molar-refractivity contribution in [3.8, 4) is 0 Å². The first-order chi connectivity index (χ1) is 5.25. The van der Waals surface area contributed by atoms with Crippen LogP contribution >= 0.6 is 0 Å². The van der Waals surface area contributed by atoms with Crippen LogP contribution in [0.5, 0.6) is 0 Å². The lowest BCUT2D eigenvalue weighted by molar-refractivity contribution is -0.701. The summed E-state index contributed by atoms with van der Waals surface area (Å²) in [5.74, 6) is 0.621. The largest absolute Gasteiger partial charge is 0.203 e. The second kappa shape index (κ2) is 3.51. The third-order valence-electron chi connectivity index (χ3n) is 1.91. The van der Waals surface area contributed by atoms with Crippen molar-refractivity contribution in [2.24, 2.45) is 0 Å². The average molecular weight is 150 g/mol. The molecule has 0 aliphatic rings. The van der Waals surface area contributed by atoms with Gasteiger partial charge < -0.3 is 0 Å². The number of pyridine rings is 1. The van der Waals surface area contributed by atoms with E-state index in [1.807, 2.05) is 0 Å². The lowest BCUT2D eigenvalue weighted by Gasteiger charge is -2.03. The minimum absolute atomic E-state index is 0.621. The maximum Gasteiger partial charge on any atom is 0.183 e. The Bertz CT molecular complexity index is 228. The molecular formula is C10H16N+. The van der Waals surface area contributed by atoms with Gasteiger partial charge in [-0.15, -0.1) is 0 Å². The fraction of sp³-hybridized carbons (Fsp3) is 0.500. The lowest BCUT2D eigenvalue weighted by Crippen LogP contribution is -2.37. The van der Waals surface area contributed by atoms with E-state index in [9.17, 15) is 0 Å². The van der Waals surface area contributed by atoms with E-state index < -0.39 is 0 Å². The number of rotatable bonds is 2. The molecule has 1 aromatic rings. The van der Waals surface area contributed by atoms with Gasteiger partial charge in [0.15, 0.2) is 11.9 Å². The summed E-state index contributed by atoms with van der Waals surface area (Å²) in [6.45, 7) is 7.68. The summed E-state index contributed by atoms with van der Waals surface area (Å²) in [6, 6.07) is 6.37. The van der Waals surface area contributed by atoms with Crippen molar-refractivity contribution in [1.29, 1.82) is 0 Å². The molecule has 1 aromatic heterocycles. The van der Waals surface area contributed by atoms with Crippen LogP contribution in [0.2, 0.25) is 0 Å². The van der Waals surface area contributed by atoms with Crippen molar-refractivity contribution in [2.75, 3.05) is 0 Å². The molecule has 0 fully saturated rings. The number of aryl methyl sites for hydroxylation is 1. The normalized spacial score (nSPS) is 10.5. The van der Waals surface area contributed by atoms with Gasteiger partial charge in [0.2, 0.25) is 0 Å². The van der Waals surface area contributed by atoms with Crippen LogP contribution in [0.25, 0.3) is 0 Å². The molecule has 1 heterocycles. The number of aromatic nitrogens is 1. The summed E-state index contributed by atoms with van der Waals surface area (Å²) in [4.78, 5) is 0. The predicted octanol–water partition coefficient (Wildman–Crippen LogP) is 2.12. The van der Waals surface area contributed by atoms with Crippen LogP contribution in [0.15, 0.2) is 24.4 Å². The first-order valence-corrected chi connectivity index (χ1v) is 4.24. The first-order valence-electron chi connectivity index (χ1n) is 4.24. The van der Waals surface area contributed by atoms with Crippen molar-refractivity contribution in [2.45, 2.75) is 33.2 Å². The van der Waals surface area contributed by atoms with Crippen molar-refractivity contribution in [1.82, 2.24) is 0 Å². The summed E-state index contributed by atoms with van der Waals surface area (Å²) in [7, 11) is 0. The summed E-state index contributed by atoms with van der Waals surface area (Å²) >= 11 is 0. The Morgan fingerprint density at radius 2 is 2.09 bits per heavy atom. The molecule has 1 rings (SSSR count). The van der Waals surface area contributed by atoms with E-state index in [0.717, 1.165) is 6.54 Å². The second-order valence-electron chi connectivity index (χ2n) is 3.07. The molecule has 0 saturated carbocycles. The van der Waals surface area contributed by atoms with Gasteiger partial charge in [-0.3, -0.25) is 0 Å². The highest BCUT2D eigenvalue weighted by Crippen LogP contribution is 2.07. The monoisotopic (exact) mass is 150 g/mol. The van der Waals surface area contributed by atoms with Gasteiger partial charge in [-0.2, -0.15) is 0 Å². The molecule has 0 atom stereocenters. The van der Waals surface area contributed by atoms with E-state index in [1.54, 1.807) is 0 Å². The van der Waals surface area contributed by atoms with Gasteiger partial charge >= 0.3 is 0 Å². The Morgan fingerprint density at radius 1 is 1.36 bits per heavy atom. The Morgan fingerprint density at radius 3 is 2.55 bits per heavy atom. The number of hydrogen-bond donors (Lipinski definition) is 0. The molecule has 0 aromatic carbocycles. The third kappa shape index (κ3) is 1.79. The van der Waals surface area contributed by atoms with Crippen LogP contribution in [0.3, 0.4) is 0 Å². The maximum atomic E-state index is 2.28. The van der Waals surface area contributed by atoms with Crippen LogP contribution < -0.4 is 4.57 Å². The van der Waals surface area contributed by atoms with Crippen molar-refractivity contribution >= 4 is 0 Å². The van der Waals surface area contributed by atoms with Crippen LogP contribution in [-0.2, 0) is 6.54 Å². The molecule has 0 aliphatic carbocycles. The van der Waals surface area contributed by atoms with Gasteiger partial charge in [0.25, 0.3) is 0 Å². The van der Waals surface area contributed by atoms with Crippen LogP contribution in [0, 0.1) is 0 Å². The molecule has 0 amide bonds. The molecule has 0 saturated heterocycles. The zero-order valence-corrected chi connectivity index (χ0v) is 7.54. The number of hydrogen-bond acceptors (Lipinski definition) is 0. The highest BCUT2D eigenvalue weighted by molar-refractivity contribution is 5.01. The van der Waals surface area contributed by atoms with E-state index in [2.05, 4.69) is 49.7 Å². The smallest absolute Gasteiger partial charge is 0.183 e. The van der Waals surface area contributed by atoms with Gasteiger partial charge in [-0.05, 0) is 6.92 Å². The zero-order valence-electron chi connectivity index (χ0n) is 7.54. The molecule has 0 spiro atoms. The third-order valence-corrected chi connectivity index (χ3v) is 1.91. The molecule has 1 nitrogen and oxygen atoms in total. The first kappa shape index (κ1) is 8.25. The van der Waals surface area contributed by atoms with Crippen LogP contribution in [0.4, 0.5) is 0 Å². The Balaban J connectivity index is 3.02.